The molecule has 1 aromatic carbocycles. The number of rotatable bonds is 5. The molecule has 0 saturated heterocycles. The Hall–Kier alpha value is -0.980. The van der Waals surface area contributed by atoms with Crippen molar-refractivity contribution in [2.75, 3.05) is 12.8 Å². The zero-order valence-corrected chi connectivity index (χ0v) is 12.1. The van der Waals surface area contributed by atoms with Crippen molar-refractivity contribution in [3.05, 3.63) is 29.3 Å². The predicted molar refractivity (Wildman–Crippen MR) is 75.2 cm³/mol. The smallest absolute Gasteiger partial charge is 0.214 e. The second-order valence-corrected chi connectivity index (χ2v) is 7.46. The van der Waals surface area contributed by atoms with Crippen molar-refractivity contribution in [1.82, 2.24) is 9.29 Å². The molecule has 0 aliphatic rings. The van der Waals surface area contributed by atoms with Gasteiger partial charge in [-0.15, -0.1) is 11.3 Å². The number of hydrogen-bond donors (Lipinski definition) is 0. The Labute approximate surface area is 111 Å². The summed E-state index contributed by atoms with van der Waals surface area (Å²) < 4.78 is 26.2. The molecule has 0 aliphatic heterocycles. The molecule has 0 radical (unpaired) electrons. The fourth-order valence-electron chi connectivity index (χ4n) is 1.69. The van der Waals surface area contributed by atoms with Crippen LogP contribution in [0.5, 0.6) is 0 Å². The average molecular weight is 284 g/mol. The predicted octanol–water partition coefficient (Wildman–Crippen LogP) is 2.47. The number of nitrogens with zero attached hydrogens (tertiary/aromatic N) is 2. The van der Waals surface area contributed by atoms with Crippen LogP contribution < -0.4 is 0 Å². The van der Waals surface area contributed by atoms with Crippen molar-refractivity contribution in [3.8, 4) is 0 Å². The molecule has 2 aromatic rings. The molecule has 0 fully saturated rings. The van der Waals surface area contributed by atoms with E-state index >= 15 is 0 Å². The van der Waals surface area contributed by atoms with Gasteiger partial charge in [0.2, 0.25) is 10.0 Å². The van der Waals surface area contributed by atoms with Crippen LogP contribution in [0.3, 0.4) is 0 Å². The van der Waals surface area contributed by atoms with Gasteiger partial charge in [-0.2, -0.15) is 4.31 Å². The summed E-state index contributed by atoms with van der Waals surface area (Å²) in [4.78, 5) is 4.44. The largest absolute Gasteiger partial charge is 0.240 e. The van der Waals surface area contributed by atoms with Crippen LogP contribution in [0.4, 0.5) is 0 Å². The molecule has 0 saturated carbocycles. The minimum atomic E-state index is -3.15. The first-order valence-electron chi connectivity index (χ1n) is 5.81. The summed E-state index contributed by atoms with van der Waals surface area (Å²) in [5.74, 6) is 0.189. The summed E-state index contributed by atoms with van der Waals surface area (Å²) in [5, 5.41) is 0.832. The van der Waals surface area contributed by atoms with Crippen LogP contribution in [0.15, 0.2) is 24.3 Å². The first kappa shape index (κ1) is 13.5. The van der Waals surface area contributed by atoms with E-state index in [1.807, 2.05) is 31.2 Å². The minimum Gasteiger partial charge on any atom is -0.240 e. The van der Waals surface area contributed by atoms with Crippen LogP contribution in [0, 0.1) is 0 Å². The standard InChI is InChI=1S/C12H16N2O2S2/c1-3-8-18(15,16)14(2)9-12-13-10-6-4-5-7-11(10)17-12/h4-7H,3,8-9H2,1-2H3. The molecule has 4 nitrogen and oxygen atoms in total. The highest BCUT2D eigenvalue weighted by Crippen LogP contribution is 2.22. The van der Waals surface area contributed by atoms with Crippen molar-refractivity contribution in [1.29, 1.82) is 0 Å². The van der Waals surface area contributed by atoms with Gasteiger partial charge in [-0.1, -0.05) is 19.1 Å². The van der Waals surface area contributed by atoms with Gasteiger partial charge in [0, 0.05) is 7.05 Å². The van der Waals surface area contributed by atoms with E-state index in [4.69, 9.17) is 0 Å². The second kappa shape index (κ2) is 5.34. The van der Waals surface area contributed by atoms with Crippen LogP contribution in [0.1, 0.15) is 18.4 Å². The lowest BCUT2D eigenvalue weighted by molar-refractivity contribution is 0.465. The summed E-state index contributed by atoms with van der Waals surface area (Å²) in [6, 6.07) is 7.83. The Morgan fingerprint density at radius 2 is 2.06 bits per heavy atom. The molecule has 0 N–H and O–H groups in total. The zero-order valence-electron chi connectivity index (χ0n) is 10.5. The van der Waals surface area contributed by atoms with Crippen molar-refractivity contribution >= 4 is 31.6 Å². The fourth-order valence-corrected chi connectivity index (χ4v) is 3.94. The quantitative estimate of drug-likeness (QED) is 0.847. The first-order valence-corrected chi connectivity index (χ1v) is 8.24. The maximum absolute atomic E-state index is 11.9. The Morgan fingerprint density at radius 3 is 2.72 bits per heavy atom. The maximum Gasteiger partial charge on any atom is 0.214 e. The lowest BCUT2D eigenvalue weighted by Gasteiger charge is -2.14. The van der Waals surface area contributed by atoms with Gasteiger partial charge in [0.1, 0.15) is 5.01 Å². The Morgan fingerprint density at radius 1 is 1.33 bits per heavy atom. The topological polar surface area (TPSA) is 50.3 Å². The number of thiazole rings is 1. The van der Waals surface area contributed by atoms with Crippen LogP contribution >= 0.6 is 11.3 Å². The third-order valence-corrected chi connectivity index (χ3v) is 5.66. The van der Waals surface area contributed by atoms with E-state index in [0.29, 0.717) is 13.0 Å². The Kier molecular flexibility index (Phi) is 3.99. The summed E-state index contributed by atoms with van der Waals surface area (Å²) >= 11 is 1.54. The van der Waals surface area contributed by atoms with Gasteiger partial charge < -0.3 is 0 Å². The third-order valence-electron chi connectivity index (χ3n) is 2.63. The molecule has 0 spiro atoms. The van der Waals surface area contributed by atoms with Gasteiger partial charge in [-0.25, -0.2) is 13.4 Å². The van der Waals surface area contributed by atoms with Crippen LogP contribution in [0.25, 0.3) is 10.2 Å². The van der Waals surface area contributed by atoms with Crippen LogP contribution in [0.2, 0.25) is 0 Å². The highest BCUT2D eigenvalue weighted by molar-refractivity contribution is 7.89. The highest BCUT2D eigenvalue weighted by Gasteiger charge is 2.18. The molecule has 0 amide bonds. The molecule has 6 heteroatoms. The lowest BCUT2D eigenvalue weighted by Crippen LogP contribution is -2.28. The number of aromatic nitrogens is 1. The molecular weight excluding hydrogens is 268 g/mol. The Balaban J connectivity index is 2.18. The van der Waals surface area contributed by atoms with Gasteiger partial charge in [-0.3, -0.25) is 0 Å². The molecule has 2 rings (SSSR count). The molecular formula is C12H16N2O2S2. The third kappa shape index (κ3) is 2.88. The average Bonchev–Trinajstić information content (AvgIpc) is 2.70. The summed E-state index contributed by atoms with van der Waals surface area (Å²) in [6.45, 7) is 2.21. The Bertz CT molecular complexity index is 601. The van der Waals surface area contributed by atoms with Gasteiger partial charge in [-0.05, 0) is 18.6 Å². The van der Waals surface area contributed by atoms with E-state index in [9.17, 15) is 8.42 Å². The number of benzene rings is 1. The van der Waals surface area contributed by atoms with Crippen molar-refractivity contribution < 1.29 is 8.42 Å². The van der Waals surface area contributed by atoms with Crippen LogP contribution in [-0.2, 0) is 16.6 Å². The molecule has 0 bridgehead atoms. The molecule has 0 atom stereocenters. The van der Waals surface area contributed by atoms with Gasteiger partial charge in [0.15, 0.2) is 0 Å². The van der Waals surface area contributed by atoms with Crippen molar-refractivity contribution in [3.63, 3.8) is 0 Å². The van der Waals surface area contributed by atoms with E-state index in [0.717, 1.165) is 15.2 Å². The van der Waals surface area contributed by atoms with Crippen molar-refractivity contribution in [2.24, 2.45) is 0 Å². The highest BCUT2D eigenvalue weighted by atomic mass is 32.2. The molecule has 0 unspecified atom stereocenters. The number of sulfonamides is 1. The number of para-hydroxylation sites is 1. The maximum atomic E-state index is 11.9. The summed E-state index contributed by atoms with van der Waals surface area (Å²) in [7, 11) is -1.54. The van der Waals surface area contributed by atoms with Crippen molar-refractivity contribution in [2.45, 2.75) is 19.9 Å². The minimum absolute atomic E-state index is 0.189. The lowest BCUT2D eigenvalue weighted by atomic mass is 10.3. The van der Waals surface area contributed by atoms with E-state index in [-0.39, 0.29) is 5.75 Å². The van der Waals surface area contributed by atoms with E-state index in [1.54, 1.807) is 18.4 Å². The molecule has 98 valence electrons. The summed E-state index contributed by atoms with van der Waals surface area (Å²) in [6.07, 6.45) is 0.631. The molecule has 1 aromatic heterocycles. The monoisotopic (exact) mass is 284 g/mol. The molecule has 0 aliphatic carbocycles. The fraction of sp³-hybridized carbons (Fsp3) is 0.417. The van der Waals surface area contributed by atoms with Gasteiger partial charge in [0.25, 0.3) is 0 Å². The van der Waals surface area contributed by atoms with Gasteiger partial charge in [0.05, 0.1) is 22.5 Å². The molecule has 1 heterocycles. The van der Waals surface area contributed by atoms with Gasteiger partial charge >= 0.3 is 0 Å². The SMILES string of the molecule is CCCS(=O)(=O)N(C)Cc1nc2ccccc2s1. The molecule has 18 heavy (non-hydrogen) atoms. The second-order valence-electron chi connectivity index (χ2n) is 4.15. The van der Waals surface area contributed by atoms with E-state index in [1.165, 1.54) is 4.31 Å². The normalized spacial score (nSPS) is 12.4. The summed E-state index contributed by atoms with van der Waals surface area (Å²) in [5.41, 5.74) is 0.929. The number of hydrogen-bond acceptors (Lipinski definition) is 4. The first-order chi connectivity index (χ1) is 8.53. The number of fused-ring (bicyclic) bond motifs is 1. The van der Waals surface area contributed by atoms with E-state index in [2.05, 4.69) is 4.98 Å². The van der Waals surface area contributed by atoms with E-state index < -0.39 is 10.0 Å². The zero-order chi connectivity index (χ0) is 13.2. The van der Waals surface area contributed by atoms with Crippen LogP contribution in [-0.4, -0.2) is 30.5 Å².